The van der Waals surface area contributed by atoms with Crippen molar-refractivity contribution in [2.45, 2.75) is 26.7 Å². The van der Waals surface area contributed by atoms with Gasteiger partial charge in [-0.3, -0.25) is 10.1 Å². The van der Waals surface area contributed by atoms with E-state index in [9.17, 15) is 4.79 Å². The highest BCUT2D eigenvalue weighted by Gasteiger charge is 2.25. The van der Waals surface area contributed by atoms with E-state index in [4.69, 9.17) is 16.0 Å². The average Bonchev–Trinajstić information content (AvgIpc) is 2.77. The molecule has 4 nitrogen and oxygen atoms in total. The second kappa shape index (κ2) is 6.09. The zero-order valence-electron chi connectivity index (χ0n) is 11.7. The van der Waals surface area contributed by atoms with Crippen molar-refractivity contribution in [3.63, 3.8) is 0 Å². The van der Waals surface area contributed by atoms with Gasteiger partial charge in [-0.05, 0) is 30.5 Å². The lowest BCUT2D eigenvalue weighted by Gasteiger charge is -2.19. The molecule has 1 amide bonds. The molecule has 0 aliphatic rings. The molecular formula is C15H17ClN2O2. The van der Waals surface area contributed by atoms with E-state index in [1.54, 1.807) is 25.3 Å². The molecule has 106 valence electrons. The molecule has 0 spiro atoms. The fraction of sp³-hybridized carbons (Fsp3) is 0.333. The highest BCUT2D eigenvalue weighted by molar-refractivity contribution is 6.30. The summed E-state index contributed by atoms with van der Waals surface area (Å²) in [5.74, 6) is 0.392. The van der Waals surface area contributed by atoms with E-state index >= 15 is 0 Å². The molecule has 1 aromatic carbocycles. The van der Waals surface area contributed by atoms with Gasteiger partial charge < -0.3 is 4.42 Å². The molecule has 0 saturated heterocycles. The molecule has 1 N–H and O–H groups in total. The molecule has 0 bridgehead atoms. The van der Waals surface area contributed by atoms with Crippen molar-refractivity contribution in [2.24, 2.45) is 5.92 Å². The number of aryl methyl sites for hydroxylation is 1. The largest absolute Gasteiger partial charge is 0.429 e. The quantitative estimate of drug-likeness (QED) is 0.926. The van der Waals surface area contributed by atoms with Crippen LogP contribution in [0.15, 0.2) is 34.9 Å². The molecule has 20 heavy (non-hydrogen) atoms. The zero-order valence-corrected chi connectivity index (χ0v) is 12.4. The normalized spacial score (nSPS) is 12.4. The predicted octanol–water partition coefficient (Wildman–Crippen LogP) is 4.01. The summed E-state index contributed by atoms with van der Waals surface area (Å²) in [6.07, 6.45) is 1.57. The summed E-state index contributed by atoms with van der Waals surface area (Å²) >= 11 is 5.88. The molecule has 2 rings (SSSR count). The Kier molecular flexibility index (Phi) is 4.45. The lowest BCUT2D eigenvalue weighted by Crippen LogP contribution is -2.25. The molecule has 0 saturated carbocycles. The molecule has 1 atom stereocenters. The summed E-state index contributed by atoms with van der Waals surface area (Å²) in [6.45, 7) is 5.78. The van der Waals surface area contributed by atoms with Crippen molar-refractivity contribution in [3.8, 4) is 0 Å². The van der Waals surface area contributed by atoms with Crippen LogP contribution < -0.4 is 5.32 Å². The molecule has 0 radical (unpaired) electrons. The number of amides is 1. The number of benzene rings is 1. The minimum absolute atomic E-state index is 0.135. The number of carbonyl (C=O) groups excluding carboxylic acids is 1. The first-order chi connectivity index (χ1) is 9.47. The van der Waals surface area contributed by atoms with Crippen LogP contribution >= 0.6 is 11.6 Å². The van der Waals surface area contributed by atoms with Crippen LogP contribution in [-0.2, 0) is 4.79 Å². The lowest BCUT2D eigenvalue weighted by molar-refractivity contribution is -0.118. The molecule has 1 aromatic heterocycles. The third-order valence-corrected chi connectivity index (χ3v) is 3.28. The maximum atomic E-state index is 12.4. The minimum Gasteiger partial charge on any atom is -0.429 e. The highest BCUT2D eigenvalue weighted by Crippen LogP contribution is 2.27. The summed E-state index contributed by atoms with van der Waals surface area (Å²) in [5.41, 5.74) is 0.921. The monoisotopic (exact) mass is 292 g/mol. The predicted molar refractivity (Wildman–Crippen MR) is 78.9 cm³/mol. The third-order valence-electron chi connectivity index (χ3n) is 3.03. The number of rotatable bonds is 4. The van der Waals surface area contributed by atoms with E-state index in [2.05, 4.69) is 10.3 Å². The Bertz CT molecular complexity index is 590. The molecular weight excluding hydrogens is 276 g/mol. The maximum Gasteiger partial charge on any atom is 0.301 e. The number of anilines is 1. The van der Waals surface area contributed by atoms with Gasteiger partial charge in [0.1, 0.15) is 5.76 Å². The number of aromatic nitrogens is 1. The fourth-order valence-electron chi connectivity index (χ4n) is 2.10. The van der Waals surface area contributed by atoms with E-state index in [-0.39, 0.29) is 23.8 Å². The van der Waals surface area contributed by atoms with Crippen LogP contribution in [0.2, 0.25) is 5.02 Å². The Balaban J connectivity index is 2.20. The first-order valence-electron chi connectivity index (χ1n) is 6.46. The average molecular weight is 293 g/mol. The SMILES string of the molecule is Cc1cnc(NC(=O)C(c2ccc(Cl)cc2)C(C)C)o1. The summed E-state index contributed by atoms with van der Waals surface area (Å²) in [4.78, 5) is 16.4. The van der Waals surface area contributed by atoms with Crippen molar-refractivity contribution in [3.05, 3.63) is 46.8 Å². The van der Waals surface area contributed by atoms with Gasteiger partial charge in [0.2, 0.25) is 5.91 Å². The van der Waals surface area contributed by atoms with Gasteiger partial charge >= 0.3 is 6.01 Å². The first-order valence-corrected chi connectivity index (χ1v) is 6.84. The van der Waals surface area contributed by atoms with E-state index in [0.29, 0.717) is 10.8 Å². The Morgan fingerprint density at radius 2 is 1.95 bits per heavy atom. The Labute approximate surface area is 123 Å². The highest BCUT2D eigenvalue weighted by atomic mass is 35.5. The number of carbonyl (C=O) groups is 1. The van der Waals surface area contributed by atoms with Crippen LogP contribution in [0.25, 0.3) is 0 Å². The van der Waals surface area contributed by atoms with Crippen molar-refractivity contribution >= 4 is 23.5 Å². The number of nitrogens with one attached hydrogen (secondary N) is 1. The van der Waals surface area contributed by atoms with Crippen LogP contribution in [0.3, 0.4) is 0 Å². The van der Waals surface area contributed by atoms with Gasteiger partial charge in [0.25, 0.3) is 0 Å². The molecule has 5 heteroatoms. The summed E-state index contributed by atoms with van der Waals surface area (Å²) in [5, 5.41) is 3.36. The smallest absolute Gasteiger partial charge is 0.301 e. The van der Waals surface area contributed by atoms with Crippen LogP contribution in [0, 0.1) is 12.8 Å². The van der Waals surface area contributed by atoms with E-state index in [0.717, 1.165) is 5.56 Å². The topological polar surface area (TPSA) is 55.1 Å². The summed E-state index contributed by atoms with van der Waals surface area (Å²) < 4.78 is 5.27. The van der Waals surface area contributed by atoms with Gasteiger partial charge in [-0.1, -0.05) is 37.6 Å². The van der Waals surface area contributed by atoms with Gasteiger partial charge in [0.05, 0.1) is 12.1 Å². The summed E-state index contributed by atoms with van der Waals surface area (Å²) in [6, 6.07) is 7.54. The second-order valence-electron chi connectivity index (χ2n) is 5.04. The van der Waals surface area contributed by atoms with Gasteiger partial charge in [-0.2, -0.15) is 0 Å². The van der Waals surface area contributed by atoms with Crippen molar-refractivity contribution in [1.82, 2.24) is 4.98 Å². The van der Waals surface area contributed by atoms with Crippen molar-refractivity contribution in [1.29, 1.82) is 0 Å². The molecule has 1 unspecified atom stereocenters. The Morgan fingerprint density at radius 1 is 1.30 bits per heavy atom. The summed E-state index contributed by atoms with van der Waals surface area (Å²) in [7, 11) is 0. The maximum absolute atomic E-state index is 12.4. The second-order valence-corrected chi connectivity index (χ2v) is 5.47. The third kappa shape index (κ3) is 3.39. The van der Waals surface area contributed by atoms with Crippen LogP contribution in [-0.4, -0.2) is 10.9 Å². The van der Waals surface area contributed by atoms with E-state index < -0.39 is 0 Å². The molecule has 0 aliphatic carbocycles. The van der Waals surface area contributed by atoms with Crippen LogP contribution in [0.5, 0.6) is 0 Å². The van der Waals surface area contributed by atoms with Crippen LogP contribution in [0.1, 0.15) is 31.1 Å². The number of halogens is 1. The standard InChI is InChI=1S/C15H17ClN2O2/c1-9(2)13(11-4-6-12(16)7-5-11)14(19)18-15-17-8-10(3)20-15/h4-9,13H,1-3H3,(H,17,18,19). The number of hydrogen-bond donors (Lipinski definition) is 1. The fourth-order valence-corrected chi connectivity index (χ4v) is 2.23. The number of hydrogen-bond acceptors (Lipinski definition) is 3. The molecule has 0 fully saturated rings. The van der Waals surface area contributed by atoms with E-state index in [1.807, 2.05) is 26.0 Å². The van der Waals surface area contributed by atoms with Crippen molar-refractivity contribution in [2.75, 3.05) is 5.32 Å². The zero-order chi connectivity index (χ0) is 14.7. The number of nitrogens with zero attached hydrogens (tertiary/aromatic N) is 1. The minimum atomic E-state index is -0.278. The van der Waals surface area contributed by atoms with Gasteiger partial charge in [-0.25, -0.2) is 4.98 Å². The van der Waals surface area contributed by atoms with Crippen molar-refractivity contribution < 1.29 is 9.21 Å². The first kappa shape index (κ1) is 14.6. The molecule has 0 aliphatic heterocycles. The van der Waals surface area contributed by atoms with Gasteiger partial charge in [-0.15, -0.1) is 0 Å². The molecule has 2 aromatic rings. The molecule has 1 heterocycles. The van der Waals surface area contributed by atoms with Crippen LogP contribution in [0.4, 0.5) is 6.01 Å². The Hall–Kier alpha value is -1.81. The van der Waals surface area contributed by atoms with E-state index in [1.165, 1.54) is 0 Å². The Morgan fingerprint density at radius 3 is 2.45 bits per heavy atom. The lowest BCUT2D eigenvalue weighted by atomic mass is 9.88. The van der Waals surface area contributed by atoms with Gasteiger partial charge in [0, 0.05) is 5.02 Å². The van der Waals surface area contributed by atoms with Gasteiger partial charge in [0.15, 0.2) is 0 Å². The number of oxazole rings is 1.